The average Bonchev–Trinajstić information content (AvgIpc) is 3.08. The lowest BCUT2D eigenvalue weighted by molar-refractivity contribution is -0.212. The molecule has 3 aromatic rings. The molecular weight excluding hydrogens is 657 g/mol. The van der Waals surface area contributed by atoms with E-state index < -0.39 is 84.7 Å². The van der Waals surface area contributed by atoms with Gasteiger partial charge in [0.1, 0.15) is 18.1 Å². The lowest BCUT2D eigenvalue weighted by Gasteiger charge is -2.28. The molecular formula is C35H41F3N6O6. The van der Waals surface area contributed by atoms with Crippen LogP contribution in [-0.2, 0) is 25.6 Å². The highest BCUT2D eigenvalue weighted by Gasteiger charge is 2.44. The zero-order valence-electron chi connectivity index (χ0n) is 27.7. The first-order valence-corrected chi connectivity index (χ1v) is 15.9. The molecule has 2 aromatic carbocycles. The molecule has 15 heteroatoms. The Morgan fingerprint density at radius 2 is 1.42 bits per heavy atom. The summed E-state index contributed by atoms with van der Waals surface area (Å²) in [4.78, 5) is 68.6. The Balaban J connectivity index is 1.74. The van der Waals surface area contributed by atoms with E-state index in [0.717, 1.165) is 5.56 Å². The fraction of sp³-hybridized carbons (Fsp3) is 0.371. The summed E-state index contributed by atoms with van der Waals surface area (Å²) in [6.45, 7) is 4.60. The van der Waals surface area contributed by atoms with E-state index in [1.807, 2.05) is 35.6 Å². The minimum Gasteiger partial charge on any atom is -0.382 e. The SMILES string of the molecule is CC(C)[C@H](NC(=O)c1ccc(-c2ccccc2)nc1)C(=O)N[C@@H](Cc1ccccc1)C(=O)N[C@@H](C)C(=O)NC(CCC(N)=O)C(O)C(F)(F)F. The first-order valence-electron chi connectivity index (χ1n) is 15.9. The van der Waals surface area contributed by atoms with Gasteiger partial charge >= 0.3 is 6.18 Å². The van der Waals surface area contributed by atoms with E-state index in [0.29, 0.717) is 11.3 Å². The number of rotatable bonds is 16. The lowest BCUT2D eigenvalue weighted by Crippen LogP contribution is -2.59. The van der Waals surface area contributed by atoms with Crippen LogP contribution in [-0.4, -0.2) is 76.1 Å². The van der Waals surface area contributed by atoms with Crippen LogP contribution in [0.15, 0.2) is 79.0 Å². The van der Waals surface area contributed by atoms with E-state index in [4.69, 9.17) is 5.73 Å². The van der Waals surface area contributed by atoms with Gasteiger partial charge in [-0.3, -0.25) is 29.0 Å². The normalized spacial score (nSPS) is 14.4. The summed E-state index contributed by atoms with van der Waals surface area (Å²) in [5.41, 5.74) is 7.38. The number of aromatic nitrogens is 1. The van der Waals surface area contributed by atoms with Crippen molar-refractivity contribution in [2.75, 3.05) is 0 Å². The van der Waals surface area contributed by atoms with Gasteiger partial charge in [-0.15, -0.1) is 0 Å². The van der Waals surface area contributed by atoms with Gasteiger partial charge < -0.3 is 32.1 Å². The third-order valence-corrected chi connectivity index (χ3v) is 7.74. The maximum atomic E-state index is 13.6. The second-order valence-corrected chi connectivity index (χ2v) is 12.1. The zero-order valence-corrected chi connectivity index (χ0v) is 27.7. The van der Waals surface area contributed by atoms with Crippen molar-refractivity contribution < 1.29 is 42.3 Å². The van der Waals surface area contributed by atoms with Crippen LogP contribution in [0.5, 0.6) is 0 Å². The fourth-order valence-corrected chi connectivity index (χ4v) is 4.91. The van der Waals surface area contributed by atoms with E-state index >= 15 is 0 Å². The van der Waals surface area contributed by atoms with Crippen LogP contribution in [0.4, 0.5) is 13.2 Å². The van der Waals surface area contributed by atoms with Gasteiger partial charge in [-0.1, -0.05) is 74.5 Å². The van der Waals surface area contributed by atoms with Gasteiger partial charge in [-0.05, 0) is 37.0 Å². The maximum Gasteiger partial charge on any atom is 0.416 e. The summed E-state index contributed by atoms with van der Waals surface area (Å²) in [6, 6.07) is 15.4. The number of hydrogen-bond acceptors (Lipinski definition) is 7. The van der Waals surface area contributed by atoms with Crippen LogP contribution in [0, 0.1) is 5.92 Å². The molecule has 3 rings (SSSR count). The zero-order chi connectivity index (χ0) is 37.0. The van der Waals surface area contributed by atoms with Gasteiger partial charge in [-0.25, -0.2) is 0 Å². The molecule has 0 saturated heterocycles. The van der Waals surface area contributed by atoms with Crippen LogP contribution in [0.25, 0.3) is 11.3 Å². The van der Waals surface area contributed by atoms with Gasteiger partial charge in [0.05, 0.1) is 17.3 Å². The molecule has 0 aliphatic rings. The van der Waals surface area contributed by atoms with Crippen molar-refractivity contribution in [3.05, 3.63) is 90.1 Å². The number of hydrogen-bond donors (Lipinski definition) is 6. The van der Waals surface area contributed by atoms with E-state index in [1.165, 1.54) is 13.1 Å². The second kappa shape index (κ2) is 17.9. The van der Waals surface area contributed by atoms with Crippen molar-refractivity contribution in [3.63, 3.8) is 0 Å². The minimum atomic E-state index is -5.11. The Hall–Kier alpha value is -5.31. The number of pyridine rings is 1. The summed E-state index contributed by atoms with van der Waals surface area (Å²) >= 11 is 0. The van der Waals surface area contributed by atoms with E-state index in [1.54, 1.807) is 56.3 Å². The summed E-state index contributed by atoms with van der Waals surface area (Å²) in [7, 11) is 0. The van der Waals surface area contributed by atoms with Crippen molar-refractivity contribution >= 4 is 29.5 Å². The monoisotopic (exact) mass is 698 g/mol. The van der Waals surface area contributed by atoms with E-state index in [-0.39, 0.29) is 12.0 Å². The fourth-order valence-electron chi connectivity index (χ4n) is 4.91. The van der Waals surface area contributed by atoms with Gasteiger partial charge in [0.25, 0.3) is 5.91 Å². The molecule has 0 bridgehead atoms. The van der Waals surface area contributed by atoms with Crippen molar-refractivity contribution in [3.8, 4) is 11.3 Å². The van der Waals surface area contributed by atoms with E-state index in [2.05, 4.69) is 20.9 Å². The molecule has 0 fully saturated rings. The largest absolute Gasteiger partial charge is 0.416 e. The highest BCUT2D eigenvalue weighted by molar-refractivity contribution is 5.99. The maximum absolute atomic E-state index is 13.6. The van der Waals surface area contributed by atoms with Crippen molar-refractivity contribution in [2.45, 2.75) is 76.5 Å². The number of primary amides is 1. The lowest BCUT2D eigenvalue weighted by atomic mass is 10.00. The predicted octanol–water partition coefficient (Wildman–Crippen LogP) is 2.41. The molecule has 0 aliphatic heterocycles. The Kier molecular flexibility index (Phi) is 14.0. The first kappa shape index (κ1) is 39.1. The second-order valence-electron chi connectivity index (χ2n) is 12.1. The van der Waals surface area contributed by atoms with Crippen molar-refractivity contribution in [1.29, 1.82) is 0 Å². The molecule has 0 spiro atoms. The van der Waals surface area contributed by atoms with Crippen LogP contribution in [0.3, 0.4) is 0 Å². The number of carbonyl (C=O) groups is 5. The molecule has 268 valence electrons. The molecule has 1 aromatic heterocycles. The summed E-state index contributed by atoms with van der Waals surface area (Å²) in [5, 5.41) is 19.5. The number of benzene rings is 2. The quantitative estimate of drug-likeness (QED) is 0.132. The van der Waals surface area contributed by atoms with Gasteiger partial charge in [0.2, 0.25) is 23.6 Å². The predicted molar refractivity (Wildman–Crippen MR) is 178 cm³/mol. The summed E-state index contributed by atoms with van der Waals surface area (Å²) in [6.07, 6.45) is -7.92. The van der Waals surface area contributed by atoms with Crippen LogP contribution < -0.4 is 27.0 Å². The molecule has 7 N–H and O–H groups in total. The molecule has 5 atom stereocenters. The number of aliphatic hydroxyl groups is 1. The summed E-state index contributed by atoms with van der Waals surface area (Å²) in [5.74, 6) is -4.57. The average molecular weight is 699 g/mol. The molecule has 2 unspecified atom stereocenters. The number of halogens is 3. The Bertz CT molecular complexity index is 1610. The first-order chi connectivity index (χ1) is 23.6. The highest BCUT2D eigenvalue weighted by Crippen LogP contribution is 2.24. The van der Waals surface area contributed by atoms with Crippen molar-refractivity contribution in [1.82, 2.24) is 26.3 Å². The van der Waals surface area contributed by atoms with Gasteiger partial charge in [0.15, 0.2) is 6.10 Å². The number of nitrogens with one attached hydrogen (secondary N) is 4. The minimum absolute atomic E-state index is 0.0373. The van der Waals surface area contributed by atoms with Gasteiger partial charge in [0, 0.05) is 24.6 Å². The standard InChI is InChI=1S/C35H41F3N6O6/c1-20(2)29(44-32(48)24-14-15-25(40-19-24)23-12-8-5-9-13-23)34(50)43-27(18-22-10-6-4-7-11-22)33(49)41-21(3)31(47)42-26(16-17-28(39)45)30(46)35(36,37)38/h4-15,19-21,26-27,29-30,46H,16-18H2,1-3H3,(H2,39,45)(H,41,49)(H,42,47)(H,43,50)(H,44,48)/t21-,26?,27-,29-,30?/m0/s1. The number of nitrogens with zero attached hydrogens (tertiary/aromatic N) is 1. The van der Waals surface area contributed by atoms with Crippen LogP contribution in [0.2, 0.25) is 0 Å². The Labute approximate surface area is 287 Å². The molecule has 0 radical (unpaired) electrons. The van der Waals surface area contributed by atoms with Gasteiger partial charge in [-0.2, -0.15) is 13.2 Å². The number of amides is 5. The molecule has 0 saturated carbocycles. The number of nitrogens with two attached hydrogens (primary N) is 1. The Morgan fingerprint density at radius 3 is 1.96 bits per heavy atom. The highest BCUT2D eigenvalue weighted by atomic mass is 19.4. The molecule has 50 heavy (non-hydrogen) atoms. The van der Waals surface area contributed by atoms with E-state index in [9.17, 15) is 42.3 Å². The molecule has 0 aliphatic carbocycles. The third kappa shape index (κ3) is 11.7. The molecule has 5 amide bonds. The number of alkyl halides is 3. The summed E-state index contributed by atoms with van der Waals surface area (Å²) < 4.78 is 39.7. The number of carbonyl (C=O) groups excluding carboxylic acids is 5. The topological polar surface area (TPSA) is 193 Å². The Morgan fingerprint density at radius 1 is 0.800 bits per heavy atom. The third-order valence-electron chi connectivity index (χ3n) is 7.74. The molecule has 12 nitrogen and oxygen atoms in total. The smallest absolute Gasteiger partial charge is 0.382 e. The number of aliphatic hydroxyl groups excluding tert-OH is 1. The molecule has 1 heterocycles. The van der Waals surface area contributed by atoms with Crippen LogP contribution in [0.1, 0.15) is 49.5 Å². The van der Waals surface area contributed by atoms with Crippen LogP contribution >= 0.6 is 0 Å². The van der Waals surface area contributed by atoms with Crippen molar-refractivity contribution in [2.24, 2.45) is 11.7 Å².